The number of ether oxygens (including phenoxy) is 4. The number of carbonyl (C=O) groups is 1. The van der Waals surface area contributed by atoms with Crippen molar-refractivity contribution in [1.82, 2.24) is 19.5 Å². The molecule has 0 saturated heterocycles. The van der Waals surface area contributed by atoms with E-state index in [0.29, 0.717) is 0 Å². The van der Waals surface area contributed by atoms with Gasteiger partial charge in [0.25, 0.3) is 6.36 Å². The van der Waals surface area contributed by atoms with Gasteiger partial charge in [-0.2, -0.15) is 9.37 Å². The van der Waals surface area contributed by atoms with Crippen molar-refractivity contribution in [3.8, 4) is 34.5 Å². The predicted octanol–water partition coefficient (Wildman–Crippen LogP) is 8.26. The first-order valence-electron chi connectivity index (χ1n) is 14.0. The number of alkyl halides is 3. The van der Waals surface area contributed by atoms with E-state index >= 15 is 4.39 Å². The van der Waals surface area contributed by atoms with E-state index < -0.39 is 36.2 Å². The molecule has 2 aromatic carbocycles. The van der Waals surface area contributed by atoms with Crippen molar-refractivity contribution in [2.45, 2.75) is 45.8 Å². The normalized spacial score (nSPS) is 12.2. The van der Waals surface area contributed by atoms with Gasteiger partial charge in [-0.1, -0.05) is 30.3 Å². The lowest BCUT2D eigenvalue weighted by atomic mass is 10.2. The van der Waals surface area contributed by atoms with Gasteiger partial charge in [-0.05, 0) is 54.4 Å². The summed E-state index contributed by atoms with van der Waals surface area (Å²) in [5.74, 6) is -1.22. The highest BCUT2D eigenvalue weighted by Gasteiger charge is 2.30. The highest BCUT2D eigenvalue weighted by molar-refractivity contribution is 9.10. The van der Waals surface area contributed by atoms with Crippen LogP contribution in [0.3, 0.4) is 0 Å². The topological polar surface area (TPSA) is 110 Å². The summed E-state index contributed by atoms with van der Waals surface area (Å²) in [6.45, 7) is 5.23. The number of pyridine rings is 1. The molecule has 1 atom stereocenters. The zero-order valence-corrected chi connectivity index (χ0v) is 27.0. The maximum absolute atomic E-state index is 15.6. The number of nitrogens with zero attached hydrogens (tertiary/aromatic N) is 4. The van der Waals surface area contributed by atoms with Crippen LogP contribution in [0.5, 0.6) is 17.4 Å². The van der Waals surface area contributed by atoms with Crippen LogP contribution in [0.4, 0.5) is 28.0 Å². The molecule has 0 aliphatic carbocycles. The van der Waals surface area contributed by atoms with Gasteiger partial charge in [0.05, 0.1) is 29.2 Å². The summed E-state index contributed by atoms with van der Waals surface area (Å²) in [4.78, 5) is 25.0. The molecule has 47 heavy (non-hydrogen) atoms. The summed E-state index contributed by atoms with van der Waals surface area (Å²) < 4.78 is 79.3. The highest BCUT2D eigenvalue weighted by Crippen LogP contribution is 2.44. The molecule has 5 aromatic rings. The van der Waals surface area contributed by atoms with E-state index in [9.17, 15) is 18.0 Å². The molecule has 0 saturated carbocycles. The monoisotopic (exact) mass is 717 g/mol. The molecule has 0 bridgehead atoms. The molecule has 1 unspecified atom stereocenters. The number of anilines is 1. The van der Waals surface area contributed by atoms with E-state index in [1.54, 1.807) is 20.8 Å². The standard InChI is InChI=1S/C32H28BrF4N5O5/c1-32(2,3)47-31(43)41-18-12-22(44-4)24(38-14-18)26-23(33)25-27(30(40-16-39-25)46-29(37)28(35)36)42(26)19-10-11-21(20(34)13-19)45-15-17-8-6-5-7-9-17/h5-14,16,28-29H,15H2,1-4H3,(H,41,43). The fraction of sp³-hybridized carbons (Fsp3) is 0.250. The summed E-state index contributed by atoms with van der Waals surface area (Å²) in [5, 5.41) is 2.58. The van der Waals surface area contributed by atoms with Crippen molar-refractivity contribution in [1.29, 1.82) is 0 Å². The van der Waals surface area contributed by atoms with Crippen LogP contribution in [0.25, 0.3) is 28.1 Å². The predicted molar refractivity (Wildman–Crippen MR) is 168 cm³/mol. The van der Waals surface area contributed by atoms with Gasteiger partial charge in [-0.15, -0.1) is 0 Å². The molecule has 5 rings (SSSR count). The van der Waals surface area contributed by atoms with Gasteiger partial charge in [-0.25, -0.2) is 27.9 Å². The number of methoxy groups -OCH3 is 1. The molecule has 0 radical (unpaired) electrons. The number of fused-ring (bicyclic) bond motifs is 1. The lowest BCUT2D eigenvalue weighted by molar-refractivity contribution is -0.0683. The van der Waals surface area contributed by atoms with Crippen LogP contribution < -0.4 is 19.5 Å². The third-order valence-corrected chi connectivity index (χ3v) is 7.18. The van der Waals surface area contributed by atoms with Crippen LogP contribution in [0.15, 0.2) is 71.6 Å². The Bertz CT molecular complexity index is 1900. The molecule has 246 valence electrons. The van der Waals surface area contributed by atoms with E-state index in [2.05, 4.69) is 36.2 Å². The Morgan fingerprint density at radius 3 is 2.43 bits per heavy atom. The molecule has 3 aromatic heterocycles. The minimum atomic E-state index is -3.48. The van der Waals surface area contributed by atoms with Gasteiger partial charge >= 0.3 is 12.5 Å². The number of nitrogens with one attached hydrogen (secondary N) is 1. The average molecular weight is 719 g/mol. The SMILES string of the molecule is COc1cc(NC(=O)OC(C)(C)C)cnc1-c1c(Br)c2ncnc(OC(F)C(F)F)c2n1-c1ccc(OCc2ccccc2)c(F)c1. The van der Waals surface area contributed by atoms with Crippen molar-refractivity contribution in [3.05, 3.63) is 83.0 Å². The first kappa shape index (κ1) is 33.4. The number of hydrogen-bond donors (Lipinski definition) is 1. The number of benzene rings is 2. The largest absolute Gasteiger partial charge is 0.494 e. The van der Waals surface area contributed by atoms with E-state index in [-0.39, 0.29) is 56.4 Å². The summed E-state index contributed by atoms with van der Waals surface area (Å²) in [5.41, 5.74) is 0.794. The summed E-state index contributed by atoms with van der Waals surface area (Å²) in [6, 6.07) is 14.7. The van der Waals surface area contributed by atoms with Gasteiger partial charge in [-0.3, -0.25) is 5.32 Å². The second kappa shape index (κ2) is 13.8. The van der Waals surface area contributed by atoms with Crippen LogP contribution in [-0.4, -0.2) is 51.1 Å². The fourth-order valence-electron chi connectivity index (χ4n) is 4.51. The Hall–Kier alpha value is -4.92. The third-order valence-electron chi connectivity index (χ3n) is 6.43. The molecule has 10 nitrogen and oxygen atoms in total. The summed E-state index contributed by atoms with van der Waals surface area (Å²) >= 11 is 3.49. The molecule has 0 aliphatic rings. The maximum atomic E-state index is 15.6. The Labute approximate surface area is 274 Å². The minimum absolute atomic E-state index is 0.0581. The number of halogens is 5. The van der Waals surface area contributed by atoms with Crippen LogP contribution in [0, 0.1) is 5.82 Å². The summed E-state index contributed by atoms with van der Waals surface area (Å²) in [7, 11) is 1.36. The van der Waals surface area contributed by atoms with Crippen molar-refractivity contribution in [3.63, 3.8) is 0 Å². The van der Waals surface area contributed by atoms with Crippen molar-refractivity contribution < 1.29 is 41.3 Å². The number of carbonyl (C=O) groups excluding carboxylic acids is 1. The number of aromatic nitrogens is 4. The summed E-state index contributed by atoms with van der Waals surface area (Å²) in [6.07, 6.45) is -4.89. The van der Waals surface area contributed by atoms with E-state index in [1.807, 2.05) is 30.3 Å². The Balaban J connectivity index is 1.65. The molecule has 1 N–H and O–H groups in total. The molecular weight excluding hydrogens is 690 g/mol. The quantitative estimate of drug-likeness (QED) is 0.144. The van der Waals surface area contributed by atoms with Crippen LogP contribution in [-0.2, 0) is 11.3 Å². The second-order valence-corrected chi connectivity index (χ2v) is 11.8. The van der Waals surface area contributed by atoms with Crippen LogP contribution >= 0.6 is 15.9 Å². The Morgan fingerprint density at radius 1 is 1.02 bits per heavy atom. The van der Waals surface area contributed by atoms with Gasteiger partial charge in [0.1, 0.15) is 41.0 Å². The molecule has 0 fully saturated rings. The number of amides is 1. The first-order chi connectivity index (χ1) is 22.4. The Kier molecular flexibility index (Phi) is 9.84. The van der Waals surface area contributed by atoms with E-state index in [4.69, 9.17) is 18.9 Å². The van der Waals surface area contributed by atoms with E-state index in [0.717, 1.165) is 18.0 Å². The van der Waals surface area contributed by atoms with Crippen LogP contribution in [0.1, 0.15) is 26.3 Å². The van der Waals surface area contributed by atoms with Gasteiger partial charge < -0.3 is 23.5 Å². The molecule has 0 spiro atoms. The molecule has 15 heteroatoms. The van der Waals surface area contributed by atoms with Crippen molar-refractivity contribution in [2.75, 3.05) is 12.4 Å². The fourth-order valence-corrected chi connectivity index (χ4v) is 5.16. The van der Waals surface area contributed by atoms with E-state index in [1.165, 1.54) is 36.1 Å². The van der Waals surface area contributed by atoms with Gasteiger partial charge in [0, 0.05) is 17.8 Å². The smallest absolute Gasteiger partial charge is 0.412 e. The molecule has 1 amide bonds. The lowest BCUT2D eigenvalue weighted by Gasteiger charge is -2.20. The Morgan fingerprint density at radius 2 is 1.77 bits per heavy atom. The molecule has 0 aliphatic heterocycles. The maximum Gasteiger partial charge on any atom is 0.412 e. The van der Waals surface area contributed by atoms with Gasteiger partial charge in [0.15, 0.2) is 11.6 Å². The van der Waals surface area contributed by atoms with Crippen molar-refractivity contribution in [2.24, 2.45) is 0 Å². The minimum Gasteiger partial charge on any atom is -0.494 e. The second-order valence-electron chi connectivity index (χ2n) is 11.0. The van der Waals surface area contributed by atoms with Crippen LogP contribution in [0.2, 0.25) is 0 Å². The average Bonchev–Trinajstić information content (AvgIpc) is 3.32. The zero-order valence-electron chi connectivity index (χ0n) is 25.4. The van der Waals surface area contributed by atoms with Crippen molar-refractivity contribution >= 4 is 38.7 Å². The number of hydrogen-bond acceptors (Lipinski definition) is 8. The molecule has 3 heterocycles. The third kappa shape index (κ3) is 7.56. The van der Waals surface area contributed by atoms with Gasteiger partial charge in [0.2, 0.25) is 5.88 Å². The lowest BCUT2D eigenvalue weighted by Crippen LogP contribution is -2.27. The number of rotatable bonds is 10. The first-order valence-corrected chi connectivity index (χ1v) is 14.8. The molecular formula is C32H28BrF4N5O5. The zero-order chi connectivity index (χ0) is 33.9. The highest BCUT2D eigenvalue weighted by atomic mass is 79.9.